The Morgan fingerprint density at radius 1 is 1.11 bits per heavy atom. The van der Waals surface area contributed by atoms with Crippen LogP contribution in [-0.2, 0) is 4.79 Å². The number of nitrogens with zero attached hydrogens (tertiary/aromatic N) is 1. The Kier molecular flexibility index (Phi) is 4.55. The molecule has 5 heteroatoms. The Balaban J connectivity index is 2.06. The van der Waals surface area contributed by atoms with E-state index in [0.29, 0.717) is 15.9 Å². The van der Waals surface area contributed by atoms with Crippen molar-refractivity contribution in [1.82, 2.24) is 4.98 Å². The molecular formula is C14H10Cl2N2O. The fraction of sp³-hybridized carbons (Fsp3) is 0. The highest BCUT2D eigenvalue weighted by molar-refractivity contribution is 6.33. The quantitative estimate of drug-likeness (QED) is 0.868. The third kappa shape index (κ3) is 3.81. The van der Waals surface area contributed by atoms with Crippen molar-refractivity contribution in [1.29, 1.82) is 0 Å². The predicted molar refractivity (Wildman–Crippen MR) is 78.4 cm³/mol. The number of pyridine rings is 1. The van der Waals surface area contributed by atoms with E-state index in [1.807, 2.05) is 18.2 Å². The predicted octanol–water partition coefficient (Wildman–Crippen LogP) is 4.04. The summed E-state index contributed by atoms with van der Waals surface area (Å²) in [7, 11) is 0. The third-order valence-electron chi connectivity index (χ3n) is 2.32. The minimum atomic E-state index is -0.319. The first kappa shape index (κ1) is 13.6. The number of rotatable bonds is 3. The Morgan fingerprint density at radius 3 is 2.58 bits per heavy atom. The zero-order chi connectivity index (χ0) is 13.7. The zero-order valence-electron chi connectivity index (χ0n) is 9.81. The summed E-state index contributed by atoms with van der Waals surface area (Å²) in [6.07, 6.45) is 4.57. The average molecular weight is 293 g/mol. The molecule has 0 radical (unpaired) electrons. The van der Waals surface area contributed by atoms with Crippen molar-refractivity contribution in [2.45, 2.75) is 0 Å². The molecule has 0 bridgehead atoms. The van der Waals surface area contributed by atoms with Crippen LogP contribution in [0, 0.1) is 0 Å². The molecular weight excluding hydrogens is 283 g/mol. The van der Waals surface area contributed by atoms with Crippen LogP contribution in [-0.4, -0.2) is 10.9 Å². The van der Waals surface area contributed by atoms with Crippen LogP contribution in [0.1, 0.15) is 5.56 Å². The summed E-state index contributed by atoms with van der Waals surface area (Å²) in [6, 6.07) is 10.6. The number of aromatic nitrogens is 1. The molecule has 0 fully saturated rings. The molecule has 1 heterocycles. The molecule has 1 aromatic carbocycles. The second-order valence-corrected chi connectivity index (χ2v) is 4.49. The normalized spacial score (nSPS) is 10.6. The lowest BCUT2D eigenvalue weighted by atomic mass is 10.2. The number of hydrogen-bond donors (Lipinski definition) is 1. The molecule has 1 aromatic heterocycles. The van der Waals surface area contributed by atoms with Gasteiger partial charge < -0.3 is 5.32 Å². The number of carbonyl (C=O) groups is 1. The minimum Gasteiger partial charge on any atom is -0.306 e. The van der Waals surface area contributed by atoms with Gasteiger partial charge in [-0.25, -0.2) is 4.98 Å². The summed E-state index contributed by atoms with van der Waals surface area (Å²) in [6.45, 7) is 0. The molecule has 96 valence electrons. The molecule has 0 saturated heterocycles. The van der Waals surface area contributed by atoms with Crippen molar-refractivity contribution in [3.05, 3.63) is 64.3 Å². The number of halogens is 2. The van der Waals surface area contributed by atoms with Gasteiger partial charge in [0.2, 0.25) is 5.91 Å². The number of amides is 1. The SMILES string of the molecule is O=C(/C=C/c1ccccc1Cl)Nc1ncccc1Cl. The molecule has 0 atom stereocenters. The van der Waals surface area contributed by atoms with Crippen LogP contribution in [0.5, 0.6) is 0 Å². The summed E-state index contributed by atoms with van der Waals surface area (Å²) < 4.78 is 0. The first-order valence-corrected chi connectivity index (χ1v) is 6.26. The summed E-state index contributed by atoms with van der Waals surface area (Å²) >= 11 is 11.9. The van der Waals surface area contributed by atoms with Crippen LogP contribution in [0.2, 0.25) is 10.0 Å². The van der Waals surface area contributed by atoms with Crippen LogP contribution < -0.4 is 5.32 Å². The molecule has 0 saturated carbocycles. The molecule has 0 spiro atoms. The van der Waals surface area contributed by atoms with Gasteiger partial charge in [0.05, 0.1) is 5.02 Å². The van der Waals surface area contributed by atoms with Gasteiger partial charge in [0.15, 0.2) is 5.82 Å². The molecule has 1 amide bonds. The fourth-order valence-electron chi connectivity index (χ4n) is 1.41. The Hall–Kier alpha value is -1.84. The lowest BCUT2D eigenvalue weighted by molar-refractivity contribution is -0.111. The van der Waals surface area contributed by atoms with Crippen molar-refractivity contribution in [2.75, 3.05) is 5.32 Å². The van der Waals surface area contributed by atoms with Gasteiger partial charge in [0, 0.05) is 17.3 Å². The highest BCUT2D eigenvalue weighted by Gasteiger charge is 2.03. The summed E-state index contributed by atoms with van der Waals surface area (Å²) in [5.41, 5.74) is 0.770. The average Bonchev–Trinajstić information content (AvgIpc) is 2.40. The van der Waals surface area contributed by atoms with Gasteiger partial charge >= 0.3 is 0 Å². The van der Waals surface area contributed by atoms with Crippen molar-refractivity contribution in [3.63, 3.8) is 0 Å². The molecule has 19 heavy (non-hydrogen) atoms. The van der Waals surface area contributed by atoms with Gasteiger partial charge in [0.25, 0.3) is 0 Å². The topological polar surface area (TPSA) is 42.0 Å². The van der Waals surface area contributed by atoms with Crippen LogP contribution >= 0.6 is 23.2 Å². The van der Waals surface area contributed by atoms with Gasteiger partial charge in [-0.15, -0.1) is 0 Å². The Bertz CT molecular complexity index is 626. The lowest BCUT2D eigenvalue weighted by Gasteiger charge is -2.02. The van der Waals surface area contributed by atoms with Crippen LogP contribution in [0.3, 0.4) is 0 Å². The van der Waals surface area contributed by atoms with Crippen LogP contribution in [0.4, 0.5) is 5.82 Å². The lowest BCUT2D eigenvalue weighted by Crippen LogP contribution is -2.09. The van der Waals surface area contributed by atoms with E-state index in [2.05, 4.69) is 10.3 Å². The van der Waals surface area contributed by atoms with Gasteiger partial charge in [-0.2, -0.15) is 0 Å². The molecule has 0 aliphatic carbocycles. The van der Waals surface area contributed by atoms with E-state index < -0.39 is 0 Å². The van der Waals surface area contributed by atoms with E-state index in [4.69, 9.17) is 23.2 Å². The Labute approximate surface area is 120 Å². The van der Waals surface area contributed by atoms with Gasteiger partial charge in [0.1, 0.15) is 0 Å². The van der Waals surface area contributed by atoms with Crippen LogP contribution in [0.15, 0.2) is 48.7 Å². The van der Waals surface area contributed by atoms with Gasteiger partial charge in [-0.1, -0.05) is 41.4 Å². The number of nitrogens with one attached hydrogen (secondary N) is 1. The maximum atomic E-state index is 11.7. The summed E-state index contributed by atoms with van der Waals surface area (Å²) in [5.74, 6) is 0.0125. The van der Waals surface area contributed by atoms with E-state index in [-0.39, 0.29) is 5.91 Å². The Morgan fingerprint density at radius 2 is 1.84 bits per heavy atom. The first-order valence-electron chi connectivity index (χ1n) is 5.51. The van der Waals surface area contributed by atoms with Crippen molar-refractivity contribution >= 4 is 41.0 Å². The molecule has 1 N–H and O–H groups in total. The monoisotopic (exact) mass is 292 g/mol. The molecule has 0 aliphatic heterocycles. The fourth-order valence-corrected chi connectivity index (χ4v) is 1.78. The molecule has 0 unspecified atom stereocenters. The van der Waals surface area contributed by atoms with Gasteiger partial charge in [-0.3, -0.25) is 4.79 Å². The largest absolute Gasteiger partial charge is 0.306 e. The number of benzene rings is 1. The maximum absolute atomic E-state index is 11.7. The third-order valence-corrected chi connectivity index (χ3v) is 2.97. The van der Waals surface area contributed by atoms with E-state index in [1.165, 1.54) is 6.08 Å². The molecule has 3 nitrogen and oxygen atoms in total. The van der Waals surface area contributed by atoms with Crippen molar-refractivity contribution in [3.8, 4) is 0 Å². The van der Waals surface area contributed by atoms with Crippen molar-refractivity contribution in [2.24, 2.45) is 0 Å². The summed E-state index contributed by atoms with van der Waals surface area (Å²) in [4.78, 5) is 15.7. The smallest absolute Gasteiger partial charge is 0.249 e. The first-order chi connectivity index (χ1) is 9.16. The van der Waals surface area contributed by atoms with E-state index >= 15 is 0 Å². The standard InChI is InChI=1S/C14H10Cl2N2O/c15-11-5-2-1-4-10(11)7-8-13(19)18-14-12(16)6-3-9-17-14/h1-9H,(H,17,18,19)/b8-7+. The van der Waals surface area contributed by atoms with Crippen molar-refractivity contribution < 1.29 is 4.79 Å². The summed E-state index contributed by atoms with van der Waals surface area (Å²) in [5, 5.41) is 3.56. The molecule has 0 aliphatic rings. The highest BCUT2D eigenvalue weighted by atomic mass is 35.5. The maximum Gasteiger partial charge on any atom is 0.249 e. The number of carbonyl (C=O) groups excluding carboxylic acids is 1. The van der Waals surface area contributed by atoms with Crippen LogP contribution in [0.25, 0.3) is 6.08 Å². The molecule has 2 aromatic rings. The zero-order valence-corrected chi connectivity index (χ0v) is 11.3. The number of anilines is 1. The second kappa shape index (κ2) is 6.36. The number of hydrogen-bond acceptors (Lipinski definition) is 2. The second-order valence-electron chi connectivity index (χ2n) is 3.68. The minimum absolute atomic E-state index is 0.319. The molecule has 2 rings (SSSR count). The van der Waals surface area contributed by atoms with E-state index in [0.717, 1.165) is 5.56 Å². The van der Waals surface area contributed by atoms with Gasteiger partial charge in [-0.05, 0) is 29.8 Å². The van der Waals surface area contributed by atoms with E-state index in [1.54, 1.807) is 30.5 Å². The van der Waals surface area contributed by atoms with E-state index in [9.17, 15) is 4.79 Å². The highest BCUT2D eigenvalue weighted by Crippen LogP contribution is 2.18.